The van der Waals surface area contributed by atoms with Crippen LogP contribution in [0.25, 0.3) is 5.69 Å². The molecule has 1 atom stereocenters. The third kappa shape index (κ3) is 3.49. The zero-order valence-corrected chi connectivity index (χ0v) is 13.7. The Morgan fingerprint density at radius 1 is 1.25 bits per heavy atom. The molecule has 0 saturated carbocycles. The molecule has 0 saturated heterocycles. The van der Waals surface area contributed by atoms with Crippen molar-refractivity contribution in [3.63, 3.8) is 0 Å². The summed E-state index contributed by atoms with van der Waals surface area (Å²) in [6.45, 7) is 1.63. The van der Waals surface area contributed by atoms with Crippen molar-refractivity contribution in [1.82, 2.24) is 20.1 Å². The van der Waals surface area contributed by atoms with Gasteiger partial charge in [-0.1, -0.05) is 6.07 Å². The Hall–Kier alpha value is -3.00. The van der Waals surface area contributed by atoms with E-state index in [1.807, 2.05) is 5.38 Å². The largest absolute Gasteiger partial charge is 0.340 e. The highest BCUT2D eigenvalue weighted by Crippen LogP contribution is 2.18. The summed E-state index contributed by atoms with van der Waals surface area (Å²) >= 11 is 1.32. The first-order chi connectivity index (χ1) is 11.6. The molecule has 0 aliphatic heterocycles. The Balaban J connectivity index is 1.70. The number of nitrogens with one attached hydrogen (secondary N) is 2. The zero-order chi connectivity index (χ0) is 16.9. The number of carbonyl (C=O) groups is 2. The van der Waals surface area contributed by atoms with Crippen molar-refractivity contribution in [2.45, 2.75) is 13.0 Å². The molecule has 3 aromatic heterocycles. The average Bonchev–Trinajstić information content (AvgIpc) is 3.29. The molecule has 3 aromatic rings. The summed E-state index contributed by atoms with van der Waals surface area (Å²) < 4.78 is 1.63. The van der Waals surface area contributed by atoms with Crippen molar-refractivity contribution in [2.75, 3.05) is 5.32 Å². The normalized spacial score (nSPS) is 11.7. The minimum atomic E-state index is -0.690. The summed E-state index contributed by atoms with van der Waals surface area (Å²) in [6.07, 6.45) is 6.58. The smallest absolute Gasteiger partial charge is 0.261 e. The number of nitrogens with zero attached hydrogens (tertiary/aromatic N) is 3. The molecule has 0 aliphatic carbocycles. The molecule has 122 valence electrons. The standard InChI is InChI=1S/C16H15N5O2S/c1-11(19-16(23)14-4-2-9-24-14)15(22)20-12-10-17-7-5-13(12)21-8-3-6-18-21/h2-11H,1H3,(H,19,23)(H,20,22)/t11-/m0/s1. The monoisotopic (exact) mass is 341 g/mol. The van der Waals surface area contributed by atoms with Gasteiger partial charge in [-0.2, -0.15) is 5.10 Å². The van der Waals surface area contributed by atoms with Gasteiger partial charge in [0.25, 0.3) is 5.91 Å². The molecule has 2 amide bonds. The van der Waals surface area contributed by atoms with E-state index in [0.29, 0.717) is 16.3 Å². The van der Waals surface area contributed by atoms with E-state index in [9.17, 15) is 9.59 Å². The molecule has 8 heteroatoms. The van der Waals surface area contributed by atoms with Crippen LogP contribution in [0.5, 0.6) is 0 Å². The van der Waals surface area contributed by atoms with Crippen LogP contribution in [0, 0.1) is 0 Å². The minimum absolute atomic E-state index is 0.272. The van der Waals surface area contributed by atoms with Gasteiger partial charge in [0, 0.05) is 18.6 Å². The van der Waals surface area contributed by atoms with Crippen LogP contribution >= 0.6 is 11.3 Å². The molecule has 3 heterocycles. The van der Waals surface area contributed by atoms with Crippen LogP contribution in [0.4, 0.5) is 5.69 Å². The fourth-order valence-electron chi connectivity index (χ4n) is 2.08. The van der Waals surface area contributed by atoms with Crippen molar-refractivity contribution in [3.8, 4) is 5.69 Å². The quantitative estimate of drug-likeness (QED) is 0.744. The predicted octanol–water partition coefficient (Wildman–Crippen LogP) is 2.09. The molecule has 0 bridgehead atoms. The topological polar surface area (TPSA) is 88.9 Å². The first-order valence-electron chi connectivity index (χ1n) is 7.24. The summed E-state index contributed by atoms with van der Waals surface area (Å²) in [5, 5.41) is 11.4. The number of thiophene rings is 1. The number of amides is 2. The lowest BCUT2D eigenvalue weighted by Crippen LogP contribution is -2.41. The lowest BCUT2D eigenvalue weighted by atomic mass is 10.2. The molecule has 3 rings (SSSR count). The second kappa shape index (κ2) is 7.05. The molecule has 0 aromatic carbocycles. The number of pyridine rings is 1. The fraction of sp³-hybridized carbons (Fsp3) is 0.125. The Labute approximate surface area is 142 Å². The van der Waals surface area contributed by atoms with Crippen LogP contribution in [0.2, 0.25) is 0 Å². The molecule has 7 nitrogen and oxygen atoms in total. The van der Waals surface area contributed by atoms with Gasteiger partial charge in [0.2, 0.25) is 5.91 Å². The molecule has 0 radical (unpaired) electrons. The van der Waals surface area contributed by atoms with Crippen molar-refractivity contribution in [1.29, 1.82) is 0 Å². The van der Waals surface area contributed by atoms with Crippen molar-refractivity contribution < 1.29 is 9.59 Å². The van der Waals surface area contributed by atoms with Crippen molar-refractivity contribution in [3.05, 3.63) is 59.3 Å². The highest BCUT2D eigenvalue weighted by atomic mass is 32.1. The number of anilines is 1. The molecule has 0 unspecified atom stereocenters. The van der Waals surface area contributed by atoms with Crippen LogP contribution in [-0.2, 0) is 4.79 Å². The Morgan fingerprint density at radius 2 is 2.12 bits per heavy atom. The van der Waals surface area contributed by atoms with Gasteiger partial charge in [-0.25, -0.2) is 4.68 Å². The van der Waals surface area contributed by atoms with Gasteiger partial charge < -0.3 is 10.6 Å². The van der Waals surface area contributed by atoms with E-state index >= 15 is 0 Å². The van der Waals surface area contributed by atoms with Gasteiger partial charge in [0.1, 0.15) is 6.04 Å². The molecular weight excluding hydrogens is 326 g/mol. The Morgan fingerprint density at radius 3 is 2.83 bits per heavy atom. The van der Waals surface area contributed by atoms with Crippen molar-refractivity contribution in [2.24, 2.45) is 0 Å². The third-order valence-corrected chi connectivity index (χ3v) is 4.16. The predicted molar refractivity (Wildman–Crippen MR) is 91.2 cm³/mol. The number of aromatic nitrogens is 3. The van der Waals surface area contributed by atoms with E-state index < -0.39 is 6.04 Å². The molecular formula is C16H15N5O2S. The molecule has 0 aliphatic rings. The van der Waals surface area contributed by atoms with Crippen LogP contribution in [0.3, 0.4) is 0 Å². The third-order valence-electron chi connectivity index (χ3n) is 3.29. The van der Waals surface area contributed by atoms with E-state index in [0.717, 1.165) is 0 Å². The average molecular weight is 341 g/mol. The van der Waals surface area contributed by atoms with Gasteiger partial charge in [0.05, 0.1) is 22.4 Å². The first-order valence-corrected chi connectivity index (χ1v) is 8.12. The zero-order valence-electron chi connectivity index (χ0n) is 12.8. The lowest BCUT2D eigenvalue weighted by Gasteiger charge is -2.15. The van der Waals surface area contributed by atoms with Gasteiger partial charge >= 0.3 is 0 Å². The maximum atomic E-state index is 12.4. The van der Waals surface area contributed by atoms with Crippen LogP contribution < -0.4 is 10.6 Å². The number of carbonyl (C=O) groups excluding carboxylic acids is 2. The van der Waals surface area contributed by atoms with Crippen LogP contribution in [-0.4, -0.2) is 32.6 Å². The van der Waals surface area contributed by atoms with Gasteiger partial charge in [-0.3, -0.25) is 14.6 Å². The number of hydrogen-bond donors (Lipinski definition) is 2. The van der Waals surface area contributed by atoms with E-state index in [1.54, 1.807) is 60.7 Å². The summed E-state index contributed by atoms with van der Waals surface area (Å²) in [5.74, 6) is -0.604. The van der Waals surface area contributed by atoms with Gasteiger partial charge in [-0.05, 0) is 30.5 Å². The van der Waals surface area contributed by atoms with E-state index in [4.69, 9.17) is 0 Å². The SMILES string of the molecule is C[C@H](NC(=O)c1cccs1)C(=O)Nc1cnccc1-n1cccn1. The number of hydrogen-bond acceptors (Lipinski definition) is 5. The second-order valence-electron chi connectivity index (χ2n) is 5.01. The van der Waals surface area contributed by atoms with Crippen molar-refractivity contribution >= 4 is 28.8 Å². The van der Waals surface area contributed by atoms with E-state index in [-0.39, 0.29) is 11.8 Å². The molecule has 0 spiro atoms. The number of rotatable bonds is 5. The highest BCUT2D eigenvalue weighted by molar-refractivity contribution is 7.12. The Kier molecular flexibility index (Phi) is 4.66. The molecule has 2 N–H and O–H groups in total. The van der Waals surface area contributed by atoms with Gasteiger partial charge in [-0.15, -0.1) is 11.3 Å². The maximum absolute atomic E-state index is 12.4. The molecule has 24 heavy (non-hydrogen) atoms. The molecule has 0 fully saturated rings. The van der Waals surface area contributed by atoms with E-state index in [2.05, 4.69) is 20.7 Å². The highest BCUT2D eigenvalue weighted by Gasteiger charge is 2.18. The fourth-order valence-corrected chi connectivity index (χ4v) is 2.70. The van der Waals surface area contributed by atoms with Crippen LogP contribution in [0.15, 0.2) is 54.4 Å². The second-order valence-corrected chi connectivity index (χ2v) is 5.95. The summed E-state index contributed by atoms with van der Waals surface area (Å²) in [5.41, 5.74) is 1.21. The van der Waals surface area contributed by atoms with Crippen LogP contribution in [0.1, 0.15) is 16.6 Å². The minimum Gasteiger partial charge on any atom is -0.340 e. The maximum Gasteiger partial charge on any atom is 0.261 e. The lowest BCUT2D eigenvalue weighted by molar-refractivity contribution is -0.117. The summed E-state index contributed by atoms with van der Waals surface area (Å²) in [7, 11) is 0. The van der Waals surface area contributed by atoms with E-state index in [1.165, 1.54) is 11.3 Å². The van der Waals surface area contributed by atoms with Gasteiger partial charge in [0.15, 0.2) is 0 Å². The first kappa shape index (κ1) is 15.9. The summed E-state index contributed by atoms with van der Waals surface area (Å²) in [4.78, 5) is 29.0. The Bertz CT molecular complexity index is 830. The summed E-state index contributed by atoms with van der Waals surface area (Å²) in [6, 6.07) is 6.34.